The minimum absolute atomic E-state index is 0.239. The number of nitrogens with zero attached hydrogens (tertiary/aromatic N) is 1. The van der Waals surface area contributed by atoms with E-state index in [9.17, 15) is 8.42 Å². The van der Waals surface area contributed by atoms with Gasteiger partial charge in [0.25, 0.3) is 0 Å². The molecule has 2 rings (SSSR count). The molecule has 22 heavy (non-hydrogen) atoms. The summed E-state index contributed by atoms with van der Waals surface area (Å²) in [6.45, 7) is 11.5. The number of nitrogens with one attached hydrogen (secondary N) is 1. The van der Waals surface area contributed by atoms with Gasteiger partial charge in [-0.2, -0.15) is 0 Å². The quantitative estimate of drug-likeness (QED) is 0.895. The van der Waals surface area contributed by atoms with E-state index in [2.05, 4.69) is 23.5 Å². The summed E-state index contributed by atoms with van der Waals surface area (Å²) < 4.78 is 33.0. The lowest BCUT2D eigenvalue weighted by Gasteiger charge is -2.40. The summed E-state index contributed by atoms with van der Waals surface area (Å²) >= 11 is 0. The maximum atomic E-state index is 12.5. The Kier molecular flexibility index (Phi) is 5.27. The second-order valence-electron chi connectivity index (χ2n) is 6.48. The third kappa shape index (κ3) is 4.07. The second kappa shape index (κ2) is 6.66. The molecule has 1 N–H and O–H groups in total. The van der Waals surface area contributed by atoms with Gasteiger partial charge in [0.05, 0.1) is 18.1 Å². The third-order valence-corrected chi connectivity index (χ3v) is 5.75. The van der Waals surface area contributed by atoms with E-state index in [0.29, 0.717) is 24.7 Å². The molecule has 6 heteroatoms. The number of hydrogen-bond donors (Lipinski definition) is 1. The highest BCUT2D eigenvalue weighted by Gasteiger charge is 2.30. The molecule has 0 unspecified atom stereocenters. The van der Waals surface area contributed by atoms with Gasteiger partial charge in [0.1, 0.15) is 0 Å². The average Bonchev–Trinajstić information content (AvgIpc) is 2.49. The van der Waals surface area contributed by atoms with Crippen LogP contribution in [-0.4, -0.2) is 51.7 Å². The summed E-state index contributed by atoms with van der Waals surface area (Å²) in [4.78, 5) is 2.59. The maximum Gasteiger partial charge on any atom is 0.240 e. The summed E-state index contributed by atoms with van der Waals surface area (Å²) in [5, 5.41) is 0. The Labute approximate surface area is 133 Å². The Morgan fingerprint density at radius 3 is 2.41 bits per heavy atom. The Bertz CT molecular complexity index is 620. The van der Waals surface area contributed by atoms with Crippen molar-refractivity contribution in [2.24, 2.45) is 0 Å². The summed E-state index contributed by atoms with van der Waals surface area (Å²) in [5.41, 5.74) is 1.83. The van der Waals surface area contributed by atoms with Crippen LogP contribution in [0.25, 0.3) is 0 Å². The zero-order chi connectivity index (χ0) is 16.4. The van der Waals surface area contributed by atoms with Gasteiger partial charge in [-0.3, -0.25) is 4.90 Å². The molecule has 0 aliphatic carbocycles. The van der Waals surface area contributed by atoms with Crippen molar-refractivity contribution in [3.63, 3.8) is 0 Å². The zero-order valence-corrected chi connectivity index (χ0v) is 14.7. The van der Waals surface area contributed by atoms with Crippen LogP contribution in [0.4, 0.5) is 0 Å². The first kappa shape index (κ1) is 17.4. The monoisotopic (exact) mass is 326 g/mol. The summed E-state index contributed by atoms with van der Waals surface area (Å²) in [6, 6.07) is 5.23. The summed E-state index contributed by atoms with van der Waals surface area (Å²) in [7, 11) is -3.48. The Morgan fingerprint density at radius 1 is 1.18 bits per heavy atom. The van der Waals surface area contributed by atoms with E-state index >= 15 is 0 Å². The molecule has 0 spiro atoms. The Hall–Kier alpha value is -0.950. The predicted molar refractivity (Wildman–Crippen MR) is 87.6 cm³/mol. The number of morpholine rings is 1. The lowest BCUT2D eigenvalue weighted by Crippen LogP contribution is -2.55. The first-order valence-corrected chi connectivity index (χ1v) is 9.10. The van der Waals surface area contributed by atoms with E-state index < -0.39 is 10.0 Å². The van der Waals surface area contributed by atoms with Crippen molar-refractivity contribution in [3.05, 3.63) is 29.3 Å². The van der Waals surface area contributed by atoms with E-state index in [1.54, 1.807) is 12.1 Å². The van der Waals surface area contributed by atoms with Gasteiger partial charge >= 0.3 is 0 Å². The van der Waals surface area contributed by atoms with E-state index in [1.165, 1.54) is 0 Å². The highest BCUT2D eigenvalue weighted by atomic mass is 32.2. The second-order valence-corrected chi connectivity index (χ2v) is 8.25. The van der Waals surface area contributed by atoms with Gasteiger partial charge in [0.2, 0.25) is 10.0 Å². The molecule has 1 saturated heterocycles. The van der Waals surface area contributed by atoms with Crippen LogP contribution in [-0.2, 0) is 14.8 Å². The van der Waals surface area contributed by atoms with Crippen molar-refractivity contribution < 1.29 is 13.2 Å². The van der Waals surface area contributed by atoms with Crippen molar-refractivity contribution in [2.45, 2.75) is 38.1 Å². The van der Waals surface area contributed by atoms with Gasteiger partial charge in [0.15, 0.2) is 0 Å². The Morgan fingerprint density at radius 2 is 1.82 bits per heavy atom. The van der Waals surface area contributed by atoms with Gasteiger partial charge in [-0.15, -0.1) is 0 Å². The number of ether oxygens (including phenoxy) is 1. The lowest BCUT2D eigenvalue weighted by atomic mass is 10.0. The van der Waals surface area contributed by atoms with E-state index in [4.69, 9.17) is 4.74 Å². The van der Waals surface area contributed by atoms with Crippen LogP contribution >= 0.6 is 0 Å². The maximum absolute atomic E-state index is 12.5. The normalized spacial score (nSPS) is 17.6. The highest BCUT2D eigenvalue weighted by molar-refractivity contribution is 7.89. The summed E-state index contributed by atoms with van der Waals surface area (Å²) in [5.74, 6) is 0. The molecule has 1 aromatic rings. The van der Waals surface area contributed by atoms with Crippen molar-refractivity contribution in [2.75, 3.05) is 32.8 Å². The van der Waals surface area contributed by atoms with Gasteiger partial charge in [-0.1, -0.05) is 6.07 Å². The number of sulfonamides is 1. The topological polar surface area (TPSA) is 58.6 Å². The molecule has 0 atom stereocenters. The van der Waals surface area contributed by atoms with Crippen LogP contribution in [0.3, 0.4) is 0 Å². The third-order valence-electron chi connectivity index (χ3n) is 4.35. The first-order chi connectivity index (χ1) is 10.2. The molecule has 0 aromatic heterocycles. The van der Waals surface area contributed by atoms with Crippen molar-refractivity contribution >= 4 is 10.0 Å². The van der Waals surface area contributed by atoms with Crippen molar-refractivity contribution in [3.8, 4) is 0 Å². The average molecular weight is 326 g/mol. The van der Waals surface area contributed by atoms with Crippen molar-refractivity contribution in [1.82, 2.24) is 9.62 Å². The SMILES string of the molecule is Cc1ccc(S(=O)(=O)NCC(C)(C)N2CCOCC2)cc1C. The van der Waals surface area contributed by atoms with Crippen LogP contribution in [0.2, 0.25) is 0 Å². The number of rotatable bonds is 5. The molecule has 124 valence electrons. The molecule has 1 heterocycles. The van der Waals surface area contributed by atoms with E-state index in [-0.39, 0.29) is 5.54 Å². The van der Waals surface area contributed by atoms with Crippen LogP contribution < -0.4 is 4.72 Å². The highest BCUT2D eigenvalue weighted by Crippen LogP contribution is 2.18. The van der Waals surface area contributed by atoms with E-state index in [1.807, 2.05) is 19.9 Å². The molecule has 1 aliphatic heterocycles. The van der Waals surface area contributed by atoms with Crippen LogP contribution in [0.15, 0.2) is 23.1 Å². The standard InChI is InChI=1S/C16H26N2O3S/c1-13-5-6-15(11-14(13)2)22(19,20)17-12-16(3,4)18-7-9-21-10-8-18/h5-6,11,17H,7-10,12H2,1-4H3. The zero-order valence-electron chi connectivity index (χ0n) is 13.8. The van der Waals surface area contributed by atoms with E-state index in [0.717, 1.165) is 24.2 Å². The minimum Gasteiger partial charge on any atom is -0.379 e. The fourth-order valence-electron chi connectivity index (χ4n) is 2.52. The van der Waals surface area contributed by atoms with Gasteiger partial charge < -0.3 is 4.74 Å². The lowest BCUT2D eigenvalue weighted by molar-refractivity contribution is -0.00803. The molecule has 1 fully saturated rings. The minimum atomic E-state index is -3.48. The van der Waals surface area contributed by atoms with Gasteiger partial charge in [-0.05, 0) is 51.0 Å². The molecule has 0 saturated carbocycles. The number of benzene rings is 1. The summed E-state index contributed by atoms with van der Waals surface area (Å²) in [6.07, 6.45) is 0. The molecular formula is C16H26N2O3S. The van der Waals surface area contributed by atoms with Gasteiger partial charge in [-0.25, -0.2) is 13.1 Å². The molecule has 1 aromatic carbocycles. The molecule has 0 radical (unpaired) electrons. The number of hydrogen-bond acceptors (Lipinski definition) is 4. The first-order valence-electron chi connectivity index (χ1n) is 7.62. The molecular weight excluding hydrogens is 300 g/mol. The Balaban J connectivity index is 2.06. The van der Waals surface area contributed by atoms with Crippen LogP contribution in [0.5, 0.6) is 0 Å². The molecule has 1 aliphatic rings. The molecule has 0 bridgehead atoms. The largest absolute Gasteiger partial charge is 0.379 e. The fraction of sp³-hybridized carbons (Fsp3) is 0.625. The predicted octanol–water partition coefficient (Wildman–Crippen LogP) is 1.69. The molecule has 5 nitrogen and oxygen atoms in total. The fourth-order valence-corrected chi connectivity index (χ4v) is 3.81. The van der Waals surface area contributed by atoms with Crippen molar-refractivity contribution in [1.29, 1.82) is 0 Å². The molecule has 0 amide bonds. The van der Waals surface area contributed by atoms with Gasteiger partial charge in [0, 0.05) is 25.2 Å². The van der Waals surface area contributed by atoms with Crippen LogP contribution in [0, 0.1) is 13.8 Å². The van der Waals surface area contributed by atoms with Crippen LogP contribution in [0.1, 0.15) is 25.0 Å². The smallest absolute Gasteiger partial charge is 0.240 e. The number of aryl methyl sites for hydroxylation is 2.